The smallest absolute Gasteiger partial charge is 0.264 e. The molecule has 0 bridgehead atoms. The molecule has 112 valence electrons. The van der Waals surface area contributed by atoms with E-state index >= 15 is 0 Å². The highest BCUT2D eigenvalue weighted by Gasteiger charge is 2.31. The van der Waals surface area contributed by atoms with Crippen molar-refractivity contribution in [1.82, 2.24) is 25.9 Å². The number of rotatable bonds is 5. The molecule has 0 aliphatic heterocycles. The molecular formula is C13H16ClN5O2. The zero-order chi connectivity index (χ0) is 15.5. The standard InChI is InChI=1S/C13H16ClN5O2/c1-8(11-16-18-19-17-11)15-12(20)13(2,3)21-10-6-4-9(14)5-7-10/h4-8H,1-3H3,(H,15,20)(H,16,17,18,19). The number of hydrogen-bond acceptors (Lipinski definition) is 5. The van der Waals surface area contributed by atoms with E-state index in [9.17, 15) is 4.79 Å². The fourth-order valence-corrected chi connectivity index (χ4v) is 1.76. The minimum atomic E-state index is -1.05. The molecular weight excluding hydrogens is 294 g/mol. The molecule has 1 aromatic carbocycles. The zero-order valence-corrected chi connectivity index (χ0v) is 12.7. The Kier molecular flexibility index (Phi) is 4.42. The maximum absolute atomic E-state index is 12.3. The largest absolute Gasteiger partial charge is 0.478 e. The van der Waals surface area contributed by atoms with E-state index in [-0.39, 0.29) is 11.9 Å². The van der Waals surface area contributed by atoms with Gasteiger partial charge in [-0.3, -0.25) is 4.79 Å². The van der Waals surface area contributed by atoms with Gasteiger partial charge in [0.15, 0.2) is 11.4 Å². The number of H-pyrrole nitrogens is 1. The number of aromatic nitrogens is 4. The predicted molar refractivity (Wildman–Crippen MR) is 76.9 cm³/mol. The van der Waals surface area contributed by atoms with Gasteiger partial charge >= 0.3 is 0 Å². The molecule has 0 aliphatic carbocycles. The molecule has 1 aromatic heterocycles. The van der Waals surface area contributed by atoms with Crippen molar-refractivity contribution in [2.45, 2.75) is 32.4 Å². The van der Waals surface area contributed by atoms with Crippen molar-refractivity contribution < 1.29 is 9.53 Å². The first-order valence-electron chi connectivity index (χ1n) is 6.37. The molecule has 1 amide bonds. The number of amides is 1. The van der Waals surface area contributed by atoms with Crippen molar-refractivity contribution in [3.8, 4) is 5.75 Å². The third kappa shape index (κ3) is 3.91. The van der Waals surface area contributed by atoms with E-state index in [2.05, 4.69) is 25.9 Å². The number of halogens is 1. The third-order valence-electron chi connectivity index (χ3n) is 2.83. The van der Waals surface area contributed by atoms with Crippen LogP contribution in [0, 0.1) is 0 Å². The van der Waals surface area contributed by atoms with E-state index in [0.717, 1.165) is 0 Å². The van der Waals surface area contributed by atoms with Crippen LogP contribution < -0.4 is 10.1 Å². The van der Waals surface area contributed by atoms with Gasteiger partial charge < -0.3 is 10.1 Å². The normalized spacial score (nSPS) is 12.8. The van der Waals surface area contributed by atoms with Crippen LogP contribution in [0.2, 0.25) is 5.02 Å². The number of nitrogens with zero attached hydrogens (tertiary/aromatic N) is 3. The van der Waals surface area contributed by atoms with Crippen LogP contribution in [-0.2, 0) is 4.79 Å². The Bertz CT molecular complexity index is 598. The summed E-state index contributed by atoms with van der Waals surface area (Å²) in [5, 5.41) is 16.8. The lowest BCUT2D eigenvalue weighted by molar-refractivity contribution is -0.135. The number of carbonyl (C=O) groups excluding carboxylic acids is 1. The Morgan fingerprint density at radius 2 is 2.05 bits per heavy atom. The quantitative estimate of drug-likeness (QED) is 0.879. The number of carbonyl (C=O) groups is 1. The SMILES string of the molecule is CC(NC(=O)C(C)(C)Oc1ccc(Cl)cc1)c1nn[nH]n1. The molecule has 0 fully saturated rings. The molecule has 8 heteroatoms. The maximum atomic E-state index is 12.3. The van der Waals surface area contributed by atoms with Gasteiger partial charge in [0.05, 0.1) is 6.04 Å². The summed E-state index contributed by atoms with van der Waals surface area (Å²) < 4.78 is 5.70. The summed E-state index contributed by atoms with van der Waals surface area (Å²) in [6.07, 6.45) is 0. The molecule has 0 spiro atoms. The summed E-state index contributed by atoms with van der Waals surface area (Å²) in [6, 6.07) is 6.45. The van der Waals surface area contributed by atoms with Gasteiger partial charge in [-0.05, 0) is 45.0 Å². The van der Waals surface area contributed by atoms with E-state index in [1.165, 1.54) is 0 Å². The van der Waals surface area contributed by atoms with Crippen molar-refractivity contribution in [3.05, 3.63) is 35.1 Å². The number of benzene rings is 1. The van der Waals surface area contributed by atoms with Crippen LogP contribution in [0.3, 0.4) is 0 Å². The first kappa shape index (κ1) is 15.2. The second-order valence-electron chi connectivity index (χ2n) is 5.03. The van der Waals surface area contributed by atoms with E-state index in [4.69, 9.17) is 16.3 Å². The van der Waals surface area contributed by atoms with Crippen LogP contribution in [0.25, 0.3) is 0 Å². The van der Waals surface area contributed by atoms with Gasteiger partial charge in [-0.15, -0.1) is 10.2 Å². The Hall–Kier alpha value is -2.15. The number of tetrazole rings is 1. The molecule has 0 saturated heterocycles. The molecule has 2 rings (SSSR count). The molecule has 21 heavy (non-hydrogen) atoms. The monoisotopic (exact) mass is 309 g/mol. The maximum Gasteiger partial charge on any atom is 0.264 e. The van der Waals surface area contributed by atoms with Gasteiger partial charge in [0.25, 0.3) is 5.91 Å². The number of nitrogens with one attached hydrogen (secondary N) is 2. The minimum absolute atomic E-state index is 0.283. The highest BCUT2D eigenvalue weighted by Crippen LogP contribution is 2.21. The summed E-state index contributed by atoms with van der Waals surface area (Å²) in [6.45, 7) is 5.13. The van der Waals surface area contributed by atoms with Crippen molar-refractivity contribution in [2.75, 3.05) is 0 Å². The Morgan fingerprint density at radius 3 is 2.62 bits per heavy atom. The van der Waals surface area contributed by atoms with Gasteiger partial charge in [0.2, 0.25) is 0 Å². The highest BCUT2D eigenvalue weighted by molar-refractivity contribution is 6.30. The van der Waals surface area contributed by atoms with Crippen molar-refractivity contribution >= 4 is 17.5 Å². The van der Waals surface area contributed by atoms with E-state index in [1.807, 2.05) is 0 Å². The van der Waals surface area contributed by atoms with Crippen molar-refractivity contribution in [2.24, 2.45) is 0 Å². The summed E-state index contributed by atoms with van der Waals surface area (Å²) in [5.74, 6) is 0.687. The summed E-state index contributed by atoms with van der Waals surface area (Å²) in [5.41, 5.74) is -1.05. The van der Waals surface area contributed by atoms with Gasteiger partial charge in [0, 0.05) is 5.02 Å². The second kappa shape index (κ2) is 6.09. The lowest BCUT2D eigenvalue weighted by Gasteiger charge is -2.26. The van der Waals surface area contributed by atoms with Crippen LogP contribution in [0.4, 0.5) is 0 Å². The summed E-state index contributed by atoms with van der Waals surface area (Å²) in [7, 11) is 0. The number of aromatic amines is 1. The lowest BCUT2D eigenvalue weighted by atomic mass is 10.1. The van der Waals surface area contributed by atoms with Gasteiger partial charge in [0.1, 0.15) is 5.75 Å². The topological polar surface area (TPSA) is 92.8 Å². The number of ether oxygens (including phenoxy) is 1. The third-order valence-corrected chi connectivity index (χ3v) is 3.08. The van der Waals surface area contributed by atoms with E-state index in [1.54, 1.807) is 45.0 Å². The average molecular weight is 310 g/mol. The first-order valence-corrected chi connectivity index (χ1v) is 6.75. The predicted octanol–water partition coefficient (Wildman–Crippen LogP) is 1.89. The minimum Gasteiger partial charge on any atom is -0.478 e. The van der Waals surface area contributed by atoms with Crippen molar-refractivity contribution in [1.29, 1.82) is 0 Å². The number of hydrogen-bond donors (Lipinski definition) is 2. The van der Waals surface area contributed by atoms with E-state index < -0.39 is 5.60 Å². The fourth-order valence-electron chi connectivity index (χ4n) is 1.63. The Balaban J connectivity index is 2.01. The average Bonchev–Trinajstić information content (AvgIpc) is 2.95. The molecule has 0 radical (unpaired) electrons. The van der Waals surface area contributed by atoms with Gasteiger partial charge in [-0.1, -0.05) is 16.8 Å². The van der Waals surface area contributed by atoms with Crippen LogP contribution in [0.15, 0.2) is 24.3 Å². The molecule has 0 saturated carbocycles. The highest BCUT2D eigenvalue weighted by atomic mass is 35.5. The van der Waals surface area contributed by atoms with Crippen LogP contribution in [0.5, 0.6) is 5.75 Å². The second-order valence-corrected chi connectivity index (χ2v) is 5.47. The van der Waals surface area contributed by atoms with Crippen LogP contribution in [0.1, 0.15) is 32.6 Å². The molecule has 7 nitrogen and oxygen atoms in total. The van der Waals surface area contributed by atoms with Gasteiger partial charge in [-0.25, -0.2) is 0 Å². The van der Waals surface area contributed by atoms with Crippen LogP contribution >= 0.6 is 11.6 Å². The first-order chi connectivity index (χ1) is 9.88. The van der Waals surface area contributed by atoms with E-state index in [0.29, 0.717) is 16.6 Å². The fraction of sp³-hybridized carbons (Fsp3) is 0.385. The molecule has 2 N–H and O–H groups in total. The van der Waals surface area contributed by atoms with Crippen molar-refractivity contribution in [3.63, 3.8) is 0 Å². The lowest BCUT2D eigenvalue weighted by Crippen LogP contribution is -2.47. The zero-order valence-electron chi connectivity index (χ0n) is 11.9. The summed E-state index contributed by atoms with van der Waals surface area (Å²) >= 11 is 5.81. The Morgan fingerprint density at radius 1 is 1.38 bits per heavy atom. The van der Waals surface area contributed by atoms with Crippen LogP contribution in [-0.4, -0.2) is 32.1 Å². The molecule has 1 heterocycles. The Labute approximate surface area is 127 Å². The molecule has 1 unspecified atom stereocenters. The molecule has 2 aromatic rings. The molecule has 1 atom stereocenters. The summed E-state index contributed by atoms with van der Waals surface area (Å²) in [4.78, 5) is 12.3. The van der Waals surface area contributed by atoms with Gasteiger partial charge in [-0.2, -0.15) is 5.21 Å². The molecule has 0 aliphatic rings.